The number of aromatic hydroxyl groups is 1. The highest BCUT2D eigenvalue weighted by molar-refractivity contribution is 6.07. The number of pyridine rings is 1. The summed E-state index contributed by atoms with van der Waals surface area (Å²) in [6.07, 6.45) is 0. The van der Waals surface area contributed by atoms with Crippen molar-refractivity contribution >= 4 is 16.9 Å². The Kier molecular flexibility index (Phi) is 4.50. The van der Waals surface area contributed by atoms with E-state index in [2.05, 4.69) is 20.5 Å². The molecule has 1 aromatic carbocycles. The maximum atomic E-state index is 14.1. The minimum absolute atomic E-state index is 0.0634. The molecule has 0 spiro atoms. The van der Waals surface area contributed by atoms with E-state index in [0.717, 1.165) is 18.8 Å². The lowest BCUT2D eigenvalue weighted by molar-refractivity contribution is 0.0657. The fourth-order valence-electron chi connectivity index (χ4n) is 3.67. The van der Waals surface area contributed by atoms with Gasteiger partial charge in [0.25, 0.3) is 5.91 Å². The van der Waals surface area contributed by atoms with Gasteiger partial charge in [-0.15, -0.1) is 0 Å². The summed E-state index contributed by atoms with van der Waals surface area (Å²) in [5.74, 6) is -1.20. The molecule has 1 saturated heterocycles. The molecule has 2 aromatic heterocycles. The van der Waals surface area contributed by atoms with Crippen LogP contribution >= 0.6 is 0 Å². The number of nitrogens with one attached hydrogen (secondary N) is 2. The van der Waals surface area contributed by atoms with Gasteiger partial charge in [-0.2, -0.15) is 5.10 Å². The van der Waals surface area contributed by atoms with E-state index in [4.69, 9.17) is 0 Å². The molecule has 0 radical (unpaired) electrons. The minimum Gasteiger partial charge on any atom is -0.505 e. The van der Waals surface area contributed by atoms with Crippen molar-refractivity contribution in [3.05, 3.63) is 40.8 Å². The molecule has 0 saturated carbocycles. The van der Waals surface area contributed by atoms with Crippen LogP contribution in [0.2, 0.25) is 0 Å². The molecule has 146 valence electrons. The van der Waals surface area contributed by atoms with Gasteiger partial charge in [0, 0.05) is 36.9 Å². The number of hydrogen-bond acceptors (Lipinski definition) is 5. The third-order valence-corrected chi connectivity index (χ3v) is 5.25. The SMILES string of the molecule is Cc1cc(-c2cc(C(=O)N3CCNC[C@@H]3C)c3c(C)[nH]nc3n2)cc(F)c1O. The molecule has 0 bridgehead atoms. The maximum Gasteiger partial charge on any atom is 0.255 e. The Morgan fingerprint density at radius 2 is 2.11 bits per heavy atom. The van der Waals surface area contributed by atoms with Gasteiger partial charge in [-0.05, 0) is 44.5 Å². The number of aromatic nitrogens is 3. The average molecular weight is 383 g/mol. The summed E-state index contributed by atoms with van der Waals surface area (Å²) < 4.78 is 14.1. The van der Waals surface area contributed by atoms with E-state index < -0.39 is 5.82 Å². The summed E-state index contributed by atoms with van der Waals surface area (Å²) in [5.41, 5.74) is 2.98. The molecule has 1 atom stereocenters. The fraction of sp³-hybridized carbons (Fsp3) is 0.350. The number of halogens is 1. The molecule has 1 amide bonds. The van der Waals surface area contributed by atoms with Crippen molar-refractivity contribution < 1.29 is 14.3 Å². The number of hydrogen-bond donors (Lipinski definition) is 3. The van der Waals surface area contributed by atoms with Crippen LogP contribution in [0.3, 0.4) is 0 Å². The predicted octanol–water partition coefficient (Wildman–Crippen LogP) is 2.52. The number of rotatable bonds is 2. The number of carbonyl (C=O) groups excluding carboxylic acids is 1. The van der Waals surface area contributed by atoms with E-state index >= 15 is 0 Å². The standard InChI is InChI=1S/C20H22FN5O2/c1-10-6-13(7-15(21)18(10)27)16-8-14(17-12(3)24-25-19(17)23-16)20(28)26-5-4-22-9-11(26)2/h6-8,11,22,27H,4-5,9H2,1-3H3,(H,23,24,25)/t11-/m0/s1. The molecule has 1 aliphatic heterocycles. The molecule has 7 nitrogen and oxygen atoms in total. The van der Waals surface area contributed by atoms with Crippen molar-refractivity contribution in [2.24, 2.45) is 0 Å². The lowest BCUT2D eigenvalue weighted by atomic mass is 10.0. The second-order valence-corrected chi connectivity index (χ2v) is 7.28. The number of carbonyl (C=O) groups is 1. The maximum absolute atomic E-state index is 14.1. The molecule has 1 aliphatic rings. The second-order valence-electron chi connectivity index (χ2n) is 7.28. The van der Waals surface area contributed by atoms with Crippen molar-refractivity contribution in [2.75, 3.05) is 19.6 Å². The number of phenolic OH excluding ortho intramolecular Hbond substituents is 1. The third kappa shape index (κ3) is 2.99. The lowest BCUT2D eigenvalue weighted by Crippen LogP contribution is -2.52. The number of piperazine rings is 1. The van der Waals surface area contributed by atoms with Gasteiger partial charge >= 0.3 is 0 Å². The number of aromatic amines is 1. The number of benzene rings is 1. The predicted molar refractivity (Wildman–Crippen MR) is 104 cm³/mol. The summed E-state index contributed by atoms with van der Waals surface area (Å²) in [6, 6.07) is 4.62. The van der Waals surface area contributed by atoms with Crippen molar-refractivity contribution in [3.63, 3.8) is 0 Å². The fourth-order valence-corrected chi connectivity index (χ4v) is 3.67. The summed E-state index contributed by atoms with van der Waals surface area (Å²) >= 11 is 0. The van der Waals surface area contributed by atoms with Gasteiger partial charge in [0.2, 0.25) is 0 Å². The van der Waals surface area contributed by atoms with Crippen molar-refractivity contribution in [2.45, 2.75) is 26.8 Å². The highest BCUT2D eigenvalue weighted by Gasteiger charge is 2.27. The highest BCUT2D eigenvalue weighted by Crippen LogP contribution is 2.31. The van der Waals surface area contributed by atoms with Crippen LogP contribution in [-0.4, -0.2) is 56.8 Å². The molecule has 3 heterocycles. The number of H-pyrrole nitrogens is 1. The Bertz CT molecular complexity index is 1050. The quantitative estimate of drug-likeness (QED) is 0.632. The van der Waals surface area contributed by atoms with Gasteiger partial charge in [-0.3, -0.25) is 9.89 Å². The number of fused-ring (bicyclic) bond motifs is 1. The van der Waals surface area contributed by atoms with E-state index in [-0.39, 0.29) is 17.7 Å². The largest absolute Gasteiger partial charge is 0.505 e. The van der Waals surface area contributed by atoms with E-state index in [1.165, 1.54) is 6.07 Å². The van der Waals surface area contributed by atoms with E-state index in [1.54, 1.807) is 19.1 Å². The Hall–Kier alpha value is -3.00. The Balaban J connectivity index is 1.88. The monoisotopic (exact) mass is 383 g/mol. The van der Waals surface area contributed by atoms with Gasteiger partial charge in [0.05, 0.1) is 16.6 Å². The molecule has 0 aliphatic carbocycles. The average Bonchev–Trinajstić information content (AvgIpc) is 3.06. The van der Waals surface area contributed by atoms with Gasteiger partial charge in [0.15, 0.2) is 17.2 Å². The van der Waals surface area contributed by atoms with Crippen molar-refractivity contribution in [3.8, 4) is 17.0 Å². The van der Waals surface area contributed by atoms with Crippen LogP contribution < -0.4 is 5.32 Å². The van der Waals surface area contributed by atoms with Gasteiger partial charge < -0.3 is 15.3 Å². The van der Waals surface area contributed by atoms with Crippen LogP contribution in [-0.2, 0) is 0 Å². The summed E-state index contributed by atoms with van der Waals surface area (Å²) in [4.78, 5) is 19.7. The summed E-state index contributed by atoms with van der Waals surface area (Å²) in [6.45, 7) is 7.56. The Morgan fingerprint density at radius 1 is 1.32 bits per heavy atom. The number of amides is 1. The zero-order valence-corrected chi connectivity index (χ0v) is 16.0. The molecule has 3 aromatic rings. The lowest BCUT2D eigenvalue weighted by Gasteiger charge is -2.34. The molecular formula is C20H22FN5O2. The van der Waals surface area contributed by atoms with E-state index in [9.17, 15) is 14.3 Å². The summed E-state index contributed by atoms with van der Waals surface area (Å²) in [5, 5.41) is 20.8. The zero-order valence-electron chi connectivity index (χ0n) is 16.0. The van der Waals surface area contributed by atoms with Crippen LogP contribution in [0.5, 0.6) is 5.75 Å². The van der Waals surface area contributed by atoms with Gasteiger partial charge in [-0.25, -0.2) is 9.37 Å². The number of nitrogens with zero attached hydrogens (tertiary/aromatic N) is 3. The number of phenols is 1. The number of aryl methyl sites for hydroxylation is 2. The van der Waals surface area contributed by atoms with Crippen LogP contribution in [0.25, 0.3) is 22.3 Å². The zero-order chi connectivity index (χ0) is 20.0. The molecule has 0 unspecified atom stereocenters. The van der Waals surface area contributed by atoms with Crippen molar-refractivity contribution in [1.82, 2.24) is 25.4 Å². The van der Waals surface area contributed by atoms with Crippen LogP contribution in [0.4, 0.5) is 4.39 Å². The molecule has 8 heteroatoms. The first-order valence-electron chi connectivity index (χ1n) is 9.23. The van der Waals surface area contributed by atoms with Crippen LogP contribution in [0, 0.1) is 19.7 Å². The molecule has 1 fully saturated rings. The first-order valence-corrected chi connectivity index (χ1v) is 9.23. The Morgan fingerprint density at radius 3 is 2.82 bits per heavy atom. The van der Waals surface area contributed by atoms with Gasteiger partial charge in [-0.1, -0.05) is 0 Å². The van der Waals surface area contributed by atoms with Crippen LogP contribution in [0.1, 0.15) is 28.5 Å². The smallest absolute Gasteiger partial charge is 0.255 e. The van der Waals surface area contributed by atoms with Gasteiger partial charge in [0.1, 0.15) is 0 Å². The normalized spacial score (nSPS) is 17.3. The molecule has 28 heavy (non-hydrogen) atoms. The van der Waals surface area contributed by atoms with E-state index in [0.29, 0.717) is 40.0 Å². The molecule has 4 rings (SSSR count). The highest BCUT2D eigenvalue weighted by atomic mass is 19.1. The first kappa shape index (κ1) is 18.4. The topological polar surface area (TPSA) is 94.1 Å². The minimum atomic E-state index is -0.723. The first-order chi connectivity index (χ1) is 13.4. The summed E-state index contributed by atoms with van der Waals surface area (Å²) in [7, 11) is 0. The Labute approximate surface area is 161 Å². The molecular weight excluding hydrogens is 361 g/mol. The van der Waals surface area contributed by atoms with E-state index in [1.807, 2.05) is 18.7 Å². The molecule has 3 N–H and O–H groups in total. The van der Waals surface area contributed by atoms with Crippen molar-refractivity contribution in [1.29, 1.82) is 0 Å². The third-order valence-electron chi connectivity index (χ3n) is 5.25. The second kappa shape index (κ2) is 6.87. The van der Waals surface area contributed by atoms with Crippen LogP contribution in [0.15, 0.2) is 18.2 Å².